The van der Waals surface area contributed by atoms with Crippen LogP contribution in [-0.4, -0.2) is 31.5 Å². The standard InChI is InChI=1S/C16H21NO3/c1-12(17)14-7-6-13-4-2-3-5-15(13)16(14)20-11-10-19-9-8-18/h2-7,12,18H,8-11,17H2,1H3. The van der Waals surface area contributed by atoms with Gasteiger partial charge in [-0.1, -0.05) is 36.4 Å². The first kappa shape index (κ1) is 14.8. The minimum absolute atomic E-state index is 0.0271. The topological polar surface area (TPSA) is 64.7 Å². The van der Waals surface area contributed by atoms with Crippen LogP contribution in [0.3, 0.4) is 0 Å². The van der Waals surface area contributed by atoms with Gasteiger partial charge < -0.3 is 20.3 Å². The molecule has 20 heavy (non-hydrogen) atoms. The van der Waals surface area contributed by atoms with Gasteiger partial charge in [0.2, 0.25) is 0 Å². The van der Waals surface area contributed by atoms with Crippen LogP contribution in [-0.2, 0) is 4.74 Å². The maximum absolute atomic E-state index is 8.66. The Morgan fingerprint density at radius 3 is 2.65 bits per heavy atom. The average molecular weight is 275 g/mol. The number of hydrogen-bond acceptors (Lipinski definition) is 4. The van der Waals surface area contributed by atoms with E-state index in [2.05, 4.69) is 12.1 Å². The number of aliphatic hydroxyl groups excluding tert-OH is 1. The molecule has 2 rings (SSSR count). The molecule has 1 unspecified atom stereocenters. The molecule has 0 bridgehead atoms. The number of fused-ring (bicyclic) bond motifs is 1. The van der Waals surface area contributed by atoms with Gasteiger partial charge in [-0.15, -0.1) is 0 Å². The predicted octanol–water partition coefficient (Wildman–Crippen LogP) is 2.25. The summed E-state index contributed by atoms with van der Waals surface area (Å²) in [6, 6.07) is 12.1. The van der Waals surface area contributed by atoms with E-state index in [9.17, 15) is 0 Å². The molecule has 108 valence electrons. The molecule has 4 heteroatoms. The Bertz CT molecular complexity index is 554. The van der Waals surface area contributed by atoms with Crippen LogP contribution in [0.15, 0.2) is 36.4 Å². The van der Waals surface area contributed by atoms with Crippen LogP contribution in [0.2, 0.25) is 0 Å². The monoisotopic (exact) mass is 275 g/mol. The van der Waals surface area contributed by atoms with Crippen LogP contribution in [0, 0.1) is 0 Å². The first-order valence-corrected chi connectivity index (χ1v) is 6.82. The van der Waals surface area contributed by atoms with Crippen molar-refractivity contribution in [2.45, 2.75) is 13.0 Å². The normalized spacial score (nSPS) is 12.6. The number of hydrogen-bond donors (Lipinski definition) is 2. The lowest BCUT2D eigenvalue weighted by molar-refractivity contribution is 0.0706. The molecule has 0 heterocycles. The van der Waals surface area contributed by atoms with Gasteiger partial charge in [-0.25, -0.2) is 0 Å². The van der Waals surface area contributed by atoms with E-state index in [1.165, 1.54) is 0 Å². The van der Waals surface area contributed by atoms with Gasteiger partial charge >= 0.3 is 0 Å². The van der Waals surface area contributed by atoms with E-state index in [1.807, 2.05) is 31.2 Å². The van der Waals surface area contributed by atoms with Crippen LogP contribution in [0.4, 0.5) is 0 Å². The summed E-state index contributed by atoms with van der Waals surface area (Å²) in [5, 5.41) is 10.8. The van der Waals surface area contributed by atoms with Crippen LogP contribution in [0.5, 0.6) is 5.75 Å². The lowest BCUT2D eigenvalue weighted by Crippen LogP contribution is -2.12. The molecule has 3 N–H and O–H groups in total. The molecule has 0 amide bonds. The molecule has 1 atom stereocenters. The van der Waals surface area contributed by atoms with Gasteiger partial charge in [-0.3, -0.25) is 0 Å². The summed E-state index contributed by atoms with van der Waals surface area (Å²) in [6.45, 7) is 3.19. The Labute approximate surface area is 119 Å². The van der Waals surface area contributed by atoms with Gasteiger partial charge in [-0.2, -0.15) is 0 Å². The van der Waals surface area contributed by atoms with Gasteiger partial charge in [0, 0.05) is 17.0 Å². The third-order valence-corrected chi connectivity index (χ3v) is 3.11. The first-order valence-electron chi connectivity index (χ1n) is 6.82. The average Bonchev–Trinajstić information content (AvgIpc) is 2.46. The lowest BCUT2D eigenvalue weighted by Gasteiger charge is -2.16. The summed E-state index contributed by atoms with van der Waals surface area (Å²) in [7, 11) is 0. The summed E-state index contributed by atoms with van der Waals surface area (Å²) < 4.78 is 11.1. The highest BCUT2D eigenvalue weighted by Gasteiger charge is 2.12. The third-order valence-electron chi connectivity index (χ3n) is 3.11. The van der Waals surface area contributed by atoms with Crippen molar-refractivity contribution >= 4 is 10.8 Å². The lowest BCUT2D eigenvalue weighted by atomic mass is 10.0. The van der Waals surface area contributed by atoms with Gasteiger partial charge in [0.25, 0.3) is 0 Å². The van der Waals surface area contributed by atoms with Crippen molar-refractivity contribution in [3.8, 4) is 5.75 Å². The number of nitrogens with two attached hydrogens (primary N) is 1. The molecule has 4 nitrogen and oxygen atoms in total. The second-order valence-corrected chi connectivity index (χ2v) is 4.68. The zero-order valence-corrected chi connectivity index (χ0v) is 11.7. The molecular weight excluding hydrogens is 254 g/mol. The minimum Gasteiger partial charge on any atom is -0.490 e. The van der Waals surface area contributed by atoms with E-state index in [0.29, 0.717) is 19.8 Å². The van der Waals surface area contributed by atoms with Crippen molar-refractivity contribution in [1.29, 1.82) is 0 Å². The molecule has 0 radical (unpaired) electrons. The van der Waals surface area contributed by atoms with Gasteiger partial charge in [0.15, 0.2) is 0 Å². The van der Waals surface area contributed by atoms with Crippen LogP contribution >= 0.6 is 0 Å². The van der Waals surface area contributed by atoms with Gasteiger partial charge in [0.05, 0.1) is 19.8 Å². The molecule has 0 aliphatic heterocycles. The summed E-state index contributed by atoms with van der Waals surface area (Å²) in [5.74, 6) is 0.825. The summed E-state index contributed by atoms with van der Waals surface area (Å²) in [6.07, 6.45) is 0. The first-order chi connectivity index (χ1) is 9.74. The smallest absolute Gasteiger partial charge is 0.131 e. The van der Waals surface area contributed by atoms with E-state index in [1.54, 1.807) is 0 Å². The highest BCUT2D eigenvalue weighted by Crippen LogP contribution is 2.32. The van der Waals surface area contributed by atoms with Crippen LogP contribution in [0.25, 0.3) is 10.8 Å². The molecular formula is C16H21NO3. The zero-order chi connectivity index (χ0) is 14.4. The fourth-order valence-corrected chi connectivity index (χ4v) is 2.15. The fourth-order valence-electron chi connectivity index (χ4n) is 2.15. The van der Waals surface area contributed by atoms with Crippen molar-refractivity contribution < 1.29 is 14.6 Å². The molecule has 0 aliphatic carbocycles. The minimum atomic E-state index is -0.0898. The summed E-state index contributed by atoms with van der Waals surface area (Å²) in [5.41, 5.74) is 7.00. The molecule has 0 aliphatic rings. The fraction of sp³-hybridized carbons (Fsp3) is 0.375. The van der Waals surface area contributed by atoms with E-state index >= 15 is 0 Å². The molecule has 2 aromatic carbocycles. The van der Waals surface area contributed by atoms with E-state index in [-0.39, 0.29) is 12.6 Å². The molecule has 2 aromatic rings. The van der Waals surface area contributed by atoms with Crippen molar-refractivity contribution in [3.63, 3.8) is 0 Å². The Kier molecular flexibility index (Phi) is 5.35. The van der Waals surface area contributed by atoms with E-state index in [4.69, 9.17) is 20.3 Å². The predicted molar refractivity (Wildman–Crippen MR) is 80.0 cm³/mol. The number of aliphatic hydroxyl groups is 1. The number of ether oxygens (including phenoxy) is 2. The Morgan fingerprint density at radius 1 is 1.10 bits per heavy atom. The molecule has 0 fully saturated rings. The zero-order valence-electron chi connectivity index (χ0n) is 11.7. The quantitative estimate of drug-likeness (QED) is 0.761. The highest BCUT2D eigenvalue weighted by atomic mass is 16.5. The maximum atomic E-state index is 8.66. The van der Waals surface area contributed by atoms with Gasteiger partial charge in [0.1, 0.15) is 12.4 Å². The number of benzene rings is 2. The van der Waals surface area contributed by atoms with Crippen LogP contribution in [0.1, 0.15) is 18.5 Å². The maximum Gasteiger partial charge on any atom is 0.131 e. The van der Waals surface area contributed by atoms with Crippen molar-refractivity contribution in [3.05, 3.63) is 42.0 Å². The summed E-state index contributed by atoms with van der Waals surface area (Å²) >= 11 is 0. The Balaban J connectivity index is 2.21. The highest BCUT2D eigenvalue weighted by molar-refractivity contribution is 5.89. The molecule has 0 saturated heterocycles. The van der Waals surface area contributed by atoms with Crippen LogP contribution < -0.4 is 10.5 Å². The Morgan fingerprint density at radius 2 is 1.90 bits per heavy atom. The SMILES string of the molecule is CC(N)c1ccc2ccccc2c1OCCOCCO. The van der Waals surface area contributed by atoms with E-state index < -0.39 is 0 Å². The second-order valence-electron chi connectivity index (χ2n) is 4.68. The van der Waals surface area contributed by atoms with Gasteiger partial charge in [-0.05, 0) is 12.3 Å². The molecule has 0 saturated carbocycles. The molecule has 0 spiro atoms. The summed E-state index contributed by atoms with van der Waals surface area (Å²) in [4.78, 5) is 0. The van der Waals surface area contributed by atoms with E-state index in [0.717, 1.165) is 22.1 Å². The number of rotatable bonds is 7. The van der Waals surface area contributed by atoms with Crippen molar-refractivity contribution in [2.24, 2.45) is 5.73 Å². The largest absolute Gasteiger partial charge is 0.490 e. The molecule has 0 aromatic heterocycles. The second kappa shape index (κ2) is 7.24. The van der Waals surface area contributed by atoms with Crippen molar-refractivity contribution in [2.75, 3.05) is 26.4 Å². The third kappa shape index (κ3) is 3.48. The van der Waals surface area contributed by atoms with Crippen molar-refractivity contribution in [1.82, 2.24) is 0 Å². The Hall–Kier alpha value is -1.62.